The predicted octanol–water partition coefficient (Wildman–Crippen LogP) is 5.73. The van der Waals surface area contributed by atoms with Crippen molar-refractivity contribution in [3.63, 3.8) is 0 Å². The van der Waals surface area contributed by atoms with E-state index in [4.69, 9.17) is 9.98 Å². The molecule has 1 N–H and O–H groups in total. The summed E-state index contributed by atoms with van der Waals surface area (Å²) in [6, 6.07) is 14.7. The summed E-state index contributed by atoms with van der Waals surface area (Å²) in [6.07, 6.45) is 0.835. The molecule has 0 aliphatic carbocycles. The summed E-state index contributed by atoms with van der Waals surface area (Å²) in [7, 11) is 0. The number of aryl methyl sites for hydroxylation is 1. The molecule has 0 fully saturated rings. The Morgan fingerprint density at radius 3 is 2.39 bits per heavy atom. The second kappa shape index (κ2) is 5.20. The van der Waals surface area contributed by atoms with Crippen LogP contribution in [0.4, 0.5) is 11.4 Å². The van der Waals surface area contributed by atoms with Crippen molar-refractivity contribution in [1.82, 2.24) is 4.98 Å². The number of rotatable bonds is 1. The average molecular weight is 301 g/mol. The van der Waals surface area contributed by atoms with Crippen molar-refractivity contribution in [2.24, 2.45) is 9.98 Å². The van der Waals surface area contributed by atoms with Gasteiger partial charge in [0.15, 0.2) is 0 Å². The summed E-state index contributed by atoms with van der Waals surface area (Å²) < 4.78 is 0. The van der Waals surface area contributed by atoms with Crippen LogP contribution >= 0.6 is 0 Å². The number of nitrogens with zero attached hydrogens (tertiary/aromatic N) is 2. The minimum absolute atomic E-state index is 0.835. The molecule has 0 amide bonds. The largest absolute Gasteiger partial charge is 0.352 e. The van der Waals surface area contributed by atoms with E-state index in [1.807, 2.05) is 6.07 Å². The van der Waals surface area contributed by atoms with E-state index in [0.29, 0.717) is 0 Å². The lowest BCUT2D eigenvalue weighted by Crippen LogP contribution is -1.97. The zero-order valence-electron chi connectivity index (χ0n) is 13.6. The lowest BCUT2D eigenvalue weighted by molar-refractivity contribution is 1.39. The van der Waals surface area contributed by atoms with Gasteiger partial charge in [-0.2, -0.15) is 0 Å². The summed E-state index contributed by atoms with van der Waals surface area (Å²) in [5, 5.41) is 1.22. The molecular formula is C20H19N3. The summed E-state index contributed by atoms with van der Waals surface area (Å²) in [5.41, 5.74) is 8.82. The van der Waals surface area contributed by atoms with E-state index in [2.05, 4.69) is 62.2 Å². The van der Waals surface area contributed by atoms with Crippen molar-refractivity contribution < 1.29 is 0 Å². The van der Waals surface area contributed by atoms with E-state index >= 15 is 0 Å². The first-order valence-corrected chi connectivity index (χ1v) is 7.92. The molecule has 1 aliphatic heterocycles. The molecule has 0 spiro atoms. The summed E-state index contributed by atoms with van der Waals surface area (Å²) in [6.45, 7) is 6.30. The molecule has 4 rings (SSSR count). The van der Waals surface area contributed by atoms with Crippen LogP contribution in [0, 0.1) is 6.92 Å². The molecule has 2 heterocycles. The minimum Gasteiger partial charge on any atom is -0.352 e. The molecule has 1 aliphatic rings. The van der Waals surface area contributed by atoms with Crippen molar-refractivity contribution in [2.75, 3.05) is 0 Å². The van der Waals surface area contributed by atoms with Crippen LogP contribution in [0.1, 0.15) is 25.8 Å². The third-order valence-corrected chi connectivity index (χ3v) is 4.37. The molecular weight excluding hydrogens is 282 g/mol. The van der Waals surface area contributed by atoms with Gasteiger partial charge in [-0.3, -0.25) is 9.98 Å². The van der Waals surface area contributed by atoms with Gasteiger partial charge in [-0.15, -0.1) is 0 Å². The lowest BCUT2D eigenvalue weighted by atomic mass is 10.1. The number of hydrogen-bond donors (Lipinski definition) is 1. The number of nitrogens with one attached hydrogen (secondary N) is 1. The van der Waals surface area contributed by atoms with Crippen molar-refractivity contribution in [3.05, 3.63) is 48.0 Å². The first-order valence-electron chi connectivity index (χ1n) is 7.92. The number of H-pyrrole nitrogens is 1. The first-order chi connectivity index (χ1) is 11.1. The maximum atomic E-state index is 4.84. The third kappa shape index (κ3) is 2.29. The van der Waals surface area contributed by atoms with Crippen LogP contribution in [0.15, 0.2) is 52.4 Å². The third-order valence-electron chi connectivity index (χ3n) is 4.37. The SMILES string of the molecule is CC1=Nc2ccc3c(C)c(-c4ccccc4)[nH]c3c2N=C(C)C1. The zero-order chi connectivity index (χ0) is 16.0. The van der Waals surface area contributed by atoms with Crippen LogP contribution in [-0.4, -0.2) is 16.4 Å². The highest BCUT2D eigenvalue weighted by Crippen LogP contribution is 2.41. The molecule has 0 unspecified atom stereocenters. The summed E-state index contributed by atoms with van der Waals surface area (Å²) in [5.74, 6) is 0. The lowest BCUT2D eigenvalue weighted by Gasteiger charge is -2.02. The van der Waals surface area contributed by atoms with E-state index in [1.54, 1.807) is 0 Å². The van der Waals surface area contributed by atoms with Gasteiger partial charge in [-0.05, 0) is 38.0 Å². The van der Waals surface area contributed by atoms with Gasteiger partial charge in [0, 0.05) is 28.9 Å². The molecule has 0 radical (unpaired) electrons. The van der Waals surface area contributed by atoms with Gasteiger partial charge in [0.2, 0.25) is 0 Å². The molecule has 23 heavy (non-hydrogen) atoms. The van der Waals surface area contributed by atoms with Crippen LogP contribution in [-0.2, 0) is 0 Å². The minimum atomic E-state index is 0.835. The van der Waals surface area contributed by atoms with Gasteiger partial charge in [0.05, 0.1) is 11.2 Å². The quantitative estimate of drug-likeness (QED) is 0.596. The number of aromatic amines is 1. The molecule has 0 saturated carbocycles. The average Bonchev–Trinajstić information content (AvgIpc) is 2.79. The summed E-state index contributed by atoms with van der Waals surface area (Å²) in [4.78, 5) is 13.2. The summed E-state index contributed by atoms with van der Waals surface area (Å²) >= 11 is 0. The van der Waals surface area contributed by atoms with E-state index in [0.717, 1.165) is 40.4 Å². The molecule has 3 nitrogen and oxygen atoms in total. The van der Waals surface area contributed by atoms with Crippen molar-refractivity contribution in [1.29, 1.82) is 0 Å². The topological polar surface area (TPSA) is 40.5 Å². The highest BCUT2D eigenvalue weighted by molar-refractivity contribution is 6.10. The monoisotopic (exact) mass is 301 g/mol. The highest BCUT2D eigenvalue weighted by atomic mass is 14.9. The predicted molar refractivity (Wildman–Crippen MR) is 98.6 cm³/mol. The first kappa shape index (κ1) is 13.9. The zero-order valence-corrected chi connectivity index (χ0v) is 13.6. The van der Waals surface area contributed by atoms with Crippen LogP contribution < -0.4 is 0 Å². The Kier molecular flexibility index (Phi) is 3.15. The Bertz CT molecular complexity index is 959. The number of aliphatic imine (C=N–C) groups is 2. The molecule has 0 atom stereocenters. The van der Waals surface area contributed by atoms with Crippen LogP contribution in [0.25, 0.3) is 22.2 Å². The van der Waals surface area contributed by atoms with E-state index in [1.165, 1.54) is 16.5 Å². The van der Waals surface area contributed by atoms with Gasteiger partial charge in [0.1, 0.15) is 5.69 Å². The second-order valence-electron chi connectivity index (χ2n) is 6.22. The van der Waals surface area contributed by atoms with Crippen molar-refractivity contribution >= 4 is 33.7 Å². The molecule has 0 saturated heterocycles. The smallest absolute Gasteiger partial charge is 0.113 e. The van der Waals surface area contributed by atoms with E-state index in [-0.39, 0.29) is 0 Å². The van der Waals surface area contributed by atoms with Crippen LogP contribution in [0.3, 0.4) is 0 Å². The Morgan fingerprint density at radius 1 is 0.870 bits per heavy atom. The van der Waals surface area contributed by atoms with Gasteiger partial charge >= 0.3 is 0 Å². The molecule has 3 aromatic rings. The number of aromatic nitrogens is 1. The second-order valence-corrected chi connectivity index (χ2v) is 6.22. The molecule has 2 aromatic carbocycles. The maximum absolute atomic E-state index is 4.84. The molecule has 3 heteroatoms. The molecule has 0 bridgehead atoms. The number of fused-ring (bicyclic) bond motifs is 3. The van der Waals surface area contributed by atoms with Gasteiger partial charge in [-0.25, -0.2) is 0 Å². The molecule has 114 valence electrons. The fraction of sp³-hybridized carbons (Fsp3) is 0.200. The fourth-order valence-corrected chi connectivity index (χ4v) is 3.32. The Balaban J connectivity index is 2.03. The van der Waals surface area contributed by atoms with Gasteiger partial charge in [-0.1, -0.05) is 36.4 Å². The number of benzene rings is 2. The van der Waals surface area contributed by atoms with E-state index in [9.17, 15) is 0 Å². The van der Waals surface area contributed by atoms with Crippen LogP contribution in [0.5, 0.6) is 0 Å². The van der Waals surface area contributed by atoms with Gasteiger partial charge in [0.25, 0.3) is 0 Å². The Morgan fingerprint density at radius 2 is 1.61 bits per heavy atom. The standard InChI is InChI=1S/C20H19N3/c1-12-11-13(2)22-20-17(21-12)10-9-16-14(3)18(23-19(16)20)15-7-5-4-6-8-15/h4-10,23H,11H2,1-3H3. The highest BCUT2D eigenvalue weighted by Gasteiger charge is 2.16. The van der Waals surface area contributed by atoms with E-state index < -0.39 is 0 Å². The van der Waals surface area contributed by atoms with Crippen molar-refractivity contribution in [3.8, 4) is 11.3 Å². The molecule has 1 aromatic heterocycles. The van der Waals surface area contributed by atoms with Crippen LogP contribution in [0.2, 0.25) is 0 Å². The Labute approximate surface area is 135 Å². The Hall–Kier alpha value is -2.68. The number of hydrogen-bond acceptors (Lipinski definition) is 2. The maximum Gasteiger partial charge on any atom is 0.113 e. The van der Waals surface area contributed by atoms with Crippen molar-refractivity contribution in [2.45, 2.75) is 27.2 Å². The normalized spacial score (nSPS) is 14.2. The van der Waals surface area contributed by atoms with Gasteiger partial charge < -0.3 is 4.98 Å². The fourth-order valence-electron chi connectivity index (χ4n) is 3.32.